The number of carbonyl (C=O) groups is 1. The molecule has 5 heteroatoms. The van der Waals surface area contributed by atoms with E-state index in [1.807, 2.05) is 17.0 Å². The maximum absolute atomic E-state index is 13.1. The van der Waals surface area contributed by atoms with Gasteiger partial charge in [0.25, 0.3) is 5.92 Å². The molecule has 1 unspecified atom stereocenters. The second-order valence-corrected chi connectivity index (χ2v) is 5.81. The summed E-state index contributed by atoms with van der Waals surface area (Å²) in [4.78, 5) is 13.8. The summed E-state index contributed by atoms with van der Waals surface area (Å²) in [6, 6.07) is 7.15. The van der Waals surface area contributed by atoms with Crippen LogP contribution in [0, 0.1) is 0 Å². The maximum atomic E-state index is 13.1. The van der Waals surface area contributed by atoms with Gasteiger partial charge in [-0.1, -0.05) is 23.7 Å². The molecule has 110 valence electrons. The zero-order valence-electron chi connectivity index (χ0n) is 11.4. The number of hydrogen-bond donors (Lipinski definition) is 0. The van der Waals surface area contributed by atoms with Gasteiger partial charge in [0.15, 0.2) is 0 Å². The molecular weight excluding hydrogens is 284 g/mol. The normalized spacial score (nSPS) is 20.6. The Morgan fingerprint density at radius 2 is 1.85 bits per heavy atom. The highest BCUT2D eigenvalue weighted by Crippen LogP contribution is 2.29. The zero-order chi connectivity index (χ0) is 14.8. The summed E-state index contributed by atoms with van der Waals surface area (Å²) in [5.74, 6) is -2.79. The molecule has 1 aliphatic heterocycles. The molecule has 1 heterocycles. The van der Waals surface area contributed by atoms with Gasteiger partial charge in [-0.05, 0) is 24.6 Å². The summed E-state index contributed by atoms with van der Waals surface area (Å²) in [7, 11) is 0. The second-order valence-electron chi connectivity index (χ2n) is 5.37. The van der Waals surface area contributed by atoms with Gasteiger partial charge in [-0.15, -0.1) is 0 Å². The number of alkyl halides is 2. The van der Waals surface area contributed by atoms with Crippen molar-refractivity contribution in [3.05, 3.63) is 34.9 Å². The highest BCUT2D eigenvalue weighted by Gasteiger charge is 2.35. The van der Waals surface area contributed by atoms with E-state index in [1.54, 1.807) is 12.1 Å². The van der Waals surface area contributed by atoms with Gasteiger partial charge in [-0.25, -0.2) is 8.78 Å². The Morgan fingerprint density at radius 1 is 1.30 bits per heavy atom. The molecule has 0 N–H and O–H groups in total. The molecule has 0 aromatic heterocycles. The molecule has 1 atom stereocenters. The minimum atomic E-state index is -2.55. The van der Waals surface area contributed by atoms with Crippen molar-refractivity contribution in [2.24, 2.45) is 0 Å². The predicted molar refractivity (Wildman–Crippen MR) is 75.5 cm³/mol. The van der Waals surface area contributed by atoms with Crippen LogP contribution >= 0.6 is 11.6 Å². The number of ketones is 1. The molecule has 20 heavy (non-hydrogen) atoms. The van der Waals surface area contributed by atoms with Crippen LogP contribution in [0.1, 0.15) is 31.2 Å². The topological polar surface area (TPSA) is 20.3 Å². The lowest BCUT2D eigenvalue weighted by atomic mass is 9.94. The van der Waals surface area contributed by atoms with Gasteiger partial charge in [0.2, 0.25) is 0 Å². The lowest BCUT2D eigenvalue weighted by Crippen LogP contribution is -2.42. The fraction of sp³-hybridized carbons (Fsp3) is 0.533. The first-order valence-corrected chi connectivity index (χ1v) is 7.11. The van der Waals surface area contributed by atoms with Crippen molar-refractivity contribution in [3.8, 4) is 0 Å². The minimum absolute atomic E-state index is 0.0460. The fourth-order valence-corrected chi connectivity index (χ4v) is 2.61. The molecule has 1 fully saturated rings. The number of nitrogens with zero attached hydrogens (tertiary/aromatic N) is 1. The van der Waals surface area contributed by atoms with Crippen molar-refractivity contribution in [2.45, 2.75) is 31.6 Å². The summed E-state index contributed by atoms with van der Waals surface area (Å²) in [6.07, 6.45) is -0.253. The Balaban J connectivity index is 2.04. The van der Waals surface area contributed by atoms with Crippen LogP contribution in [-0.4, -0.2) is 36.2 Å². The SMILES string of the molecule is CC(=O)C(CN1CCC(F)(F)CC1)c1ccc(Cl)cc1. The summed E-state index contributed by atoms with van der Waals surface area (Å²) in [5, 5.41) is 0.619. The number of benzene rings is 1. The van der Waals surface area contributed by atoms with Crippen LogP contribution in [0.3, 0.4) is 0 Å². The van der Waals surface area contributed by atoms with E-state index in [2.05, 4.69) is 0 Å². The van der Waals surface area contributed by atoms with Crippen molar-refractivity contribution in [3.63, 3.8) is 0 Å². The van der Waals surface area contributed by atoms with E-state index in [4.69, 9.17) is 11.6 Å². The van der Waals surface area contributed by atoms with E-state index in [1.165, 1.54) is 6.92 Å². The average Bonchev–Trinajstić information content (AvgIpc) is 2.38. The van der Waals surface area contributed by atoms with E-state index in [0.717, 1.165) is 5.56 Å². The molecule has 0 bridgehead atoms. The van der Waals surface area contributed by atoms with E-state index in [0.29, 0.717) is 24.7 Å². The first kappa shape index (κ1) is 15.4. The summed E-state index contributed by atoms with van der Waals surface area (Å²) < 4.78 is 26.3. The predicted octanol–water partition coefficient (Wildman–Crippen LogP) is 3.74. The van der Waals surface area contributed by atoms with Crippen molar-refractivity contribution in [1.29, 1.82) is 0 Å². The molecule has 0 amide bonds. The van der Waals surface area contributed by atoms with Crippen LogP contribution in [0.5, 0.6) is 0 Å². The lowest BCUT2D eigenvalue weighted by Gasteiger charge is -2.33. The first-order chi connectivity index (χ1) is 9.37. The summed E-state index contributed by atoms with van der Waals surface area (Å²) in [5.41, 5.74) is 0.888. The van der Waals surface area contributed by atoms with Gasteiger partial charge in [-0.3, -0.25) is 4.79 Å². The molecule has 1 aliphatic rings. The van der Waals surface area contributed by atoms with Gasteiger partial charge in [0, 0.05) is 37.5 Å². The Labute approximate surface area is 122 Å². The number of carbonyl (C=O) groups excluding carboxylic acids is 1. The smallest absolute Gasteiger partial charge is 0.250 e. The van der Waals surface area contributed by atoms with E-state index in [9.17, 15) is 13.6 Å². The number of piperidine rings is 1. The average molecular weight is 302 g/mol. The third-order valence-electron chi connectivity index (χ3n) is 3.79. The number of Topliss-reactive ketones (excluding diaryl/α,β-unsaturated/α-hetero) is 1. The highest BCUT2D eigenvalue weighted by atomic mass is 35.5. The van der Waals surface area contributed by atoms with Crippen molar-refractivity contribution in [1.82, 2.24) is 4.90 Å². The molecule has 1 aromatic rings. The number of likely N-dealkylation sites (tertiary alicyclic amines) is 1. The molecule has 2 rings (SSSR count). The van der Waals surface area contributed by atoms with Crippen molar-refractivity contribution < 1.29 is 13.6 Å². The van der Waals surface area contributed by atoms with Crippen LogP contribution in [0.2, 0.25) is 5.02 Å². The summed E-state index contributed by atoms with van der Waals surface area (Å²) >= 11 is 5.84. The summed E-state index contributed by atoms with van der Waals surface area (Å²) in [6.45, 7) is 2.71. The molecular formula is C15H18ClF2NO. The largest absolute Gasteiger partial charge is 0.302 e. The number of rotatable bonds is 4. The van der Waals surface area contributed by atoms with Gasteiger partial charge < -0.3 is 4.90 Å². The molecule has 1 aromatic carbocycles. The standard InChI is InChI=1S/C15H18ClF2NO/c1-11(20)14(12-2-4-13(16)5-3-12)10-19-8-6-15(17,18)7-9-19/h2-5,14H,6-10H2,1H3. The zero-order valence-corrected chi connectivity index (χ0v) is 12.2. The van der Waals surface area contributed by atoms with Crippen LogP contribution in [-0.2, 0) is 4.79 Å². The lowest BCUT2D eigenvalue weighted by molar-refractivity contribution is -0.119. The molecule has 2 nitrogen and oxygen atoms in total. The van der Waals surface area contributed by atoms with Crippen LogP contribution in [0.15, 0.2) is 24.3 Å². The fourth-order valence-electron chi connectivity index (χ4n) is 2.48. The Hall–Kier alpha value is -1.00. The van der Waals surface area contributed by atoms with Gasteiger partial charge in [0.1, 0.15) is 5.78 Å². The molecule has 0 spiro atoms. The van der Waals surface area contributed by atoms with E-state index < -0.39 is 5.92 Å². The van der Waals surface area contributed by atoms with Gasteiger partial charge in [-0.2, -0.15) is 0 Å². The Morgan fingerprint density at radius 3 is 2.35 bits per heavy atom. The van der Waals surface area contributed by atoms with Crippen LogP contribution in [0.4, 0.5) is 8.78 Å². The molecule has 1 saturated heterocycles. The Kier molecular flexibility index (Phi) is 4.76. The van der Waals surface area contributed by atoms with E-state index in [-0.39, 0.29) is 24.5 Å². The highest BCUT2D eigenvalue weighted by molar-refractivity contribution is 6.30. The molecule has 0 radical (unpaired) electrons. The van der Waals surface area contributed by atoms with Gasteiger partial charge in [0.05, 0.1) is 5.92 Å². The van der Waals surface area contributed by atoms with Crippen LogP contribution < -0.4 is 0 Å². The van der Waals surface area contributed by atoms with Crippen molar-refractivity contribution in [2.75, 3.05) is 19.6 Å². The minimum Gasteiger partial charge on any atom is -0.302 e. The van der Waals surface area contributed by atoms with Crippen LogP contribution in [0.25, 0.3) is 0 Å². The van der Waals surface area contributed by atoms with Crippen molar-refractivity contribution >= 4 is 17.4 Å². The monoisotopic (exact) mass is 301 g/mol. The number of halogens is 3. The first-order valence-electron chi connectivity index (χ1n) is 6.73. The second kappa shape index (κ2) is 6.19. The molecule has 0 aliphatic carbocycles. The Bertz CT molecular complexity index is 465. The molecule has 0 saturated carbocycles. The third-order valence-corrected chi connectivity index (χ3v) is 4.04. The quantitative estimate of drug-likeness (QED) is 0.844. The van der Waals surface area contributed by atoms with E-state index >= 15 is 0 Å². The van der Waals surface area contributed by atoms with Gasteiger partial charge >= 0.3 is 0 Å². The number of hydrogen-bond acceptors (Lipinski definition) is 2. The maximum Gasteiger partial charge on any atom is 0.250 e. The third kappa shape index (κ3) is 4.00.